The Morgan fingerprint density at radius 1 is 1.75 bits per heavy atom. The minimum Gasteiger partial charge on any atom is -0.469 e. The number of thiazole rings is 1. The summed E-state index contributed by atoms with van der Waals surface area (Å²) in [6, 6.07) is -0.0993. The van der Waals surface area contributed by atoms with Crippen LogP contribution in [-0.4, -0.2) is 24.1 Å². The highest BCUT2D eigenvalue weighted by molar-refractivity contribution is 7.09. The van der Waals surface area contributed by atoms with E-state index in [0.717, 1.165) is 11.4 Å². The van der Waals surface area contributed by atoms with Gasteiger partial charge in [0.1, 0.15) is 5.01 Å². The molecule has 2 unspecified atom stereocenters. The number of carbonyl (C=O) groups excluding carboxylic acids is 1. The van der Waals surface area contributed by atoms with Gasteiger partial charge < -0.3 is 10.5 Å². The summed E-state index contributed by atoms with van der Waals surface area (Å²) in [5.41, 5.74) is 5.67. The largest absolute Gasteiger partial charge is 0.469 e. The highest BCUT2D eigenvalue weighted by atomic mass is 32.1. The summed E-state index contributed by atoms with van der Waals surface area (Å²) >= 11 is 1.53. The van der Waals surface area contributed by atoms with E-state index in [1.54, 1.807) is 6.20 Å². The number of hydrogen-bond donors (Lipinski definition) is 1. The van der Waals surface area contributed by atoms with Gasteiger partial charge in [0.2, 0.25) is 0 Å². The van der Waals surface area contributed by atoms with E-state index < -0.39 is 5.41 Å². The zero-order chi connectivity index (χ0) is 12.2. The van der Waals surface area contributed by atoms with E-state index in [0.29, 0.717) is 0 Å². The fourth-order valence-electron chi connectivity index (χ4n) is 1.69. The molecule has 0 aromatic carbocycles. The standard InChI is InChI=1S/C11H18N2O2S/c1-4-8(12)11(2,7-9(14)15-3)10-13-5-6-16-10/h5-6,8H,4,7,12H2,1-3H3. The van der Waals surface area contributed by atoms with E-state index in [1.807, 2.05) is 19.2 Å². The molecule has 0 aliphatic rings. The number of hydrogen-bond acceptors (Lipinski definition) is 5. The molecule has 90 valence electrons. The first-order chi connectivity index (χ1) is 7.54. The van der Waals surface area contributed by atoms with Crippen LogP contribution in [0.15, 0.2) is 11.6 Å². The summed E-state index contributed by atoms with van der Waals surface area (Å²) in [6.45, 7) is 3.98. The average molecular weight is 242 g/mol. The van der Waals surface area contributed by atoms with Crippen molar-refractivity contribution in [2.24, 2.45) is 5.73 Å². The maximum absolute atomic E-state index is 11.4. The lowest BCUT2D eigenvalue weighted by Crippen LogP contribution is -2.44. The van der Waals surface area contributed by atoms with Crippen molar-refractivity contribution >= 4 is 17.3 Å². The zero-order valence-electron chi connectivity index (χ0n) is 9.90. The summed E-state index contributed by atoms with van der Waals surface area (Å²) in [4.78, 5) is 15.7. The van der Waals surface area contributed by atoms with Gasteiger partial charge in [0, 0.05) is 23.0 Å². The first-order valence-electron chi connectivity index (χ1n) is 5.27. The summed E-state index contributed by atoms with van der Waals surface area (Å²) in [5.74, 6) is -0.249. The van der Waals surface area contributed by atoms with Gasteiger partial charge in [-0.15, -0.1) is 11.3 Å². The van der Waals surface area contributed by atoms with Crippen LogP contribution in [0.1, 0.15) is 31.7 Å². The van der Waals surface area contributed by atoms with Crippen molar-refractivity contribution in [2.75, 3.05) is 7.11 Å². The van der Waals surface area contributed by atoms with Crippen molar-refractivity contribution in [3.05, 3.63) is 16.6 Å². The van der Waals surface area contributed by atoms with Crippen LogP contribution < -0.4 is 5.73 Å². The molecule has 1 rings (SSSR count). The predicted octanol–water partition coefficient (Wildman–Crippen LogP) is 1.70. The number of nitrogens with two attached hydrogens (primary N) is 1. The molecule has 0 saturated heterocycles. The van der Waals surface area contributed by atoms with E-state index >= 15 is 0 Å². The molecule has 0 fully saturated rings. The Balaban J connectivity index is 2.98. The van der Waals surface area contributed by atoms with E-state index in [4.69, 9.17) is 10.5 Å². The summed E-state index contributed by atoms with van der Waals surface area (Å²) in [6.07, 6.45) is 2.80. The lowest BCUT2D eigenvalue weighted by Gasteiger charge is -2.32. The summed E-state index contributed by atoms with van der Waals surface area (Å²) in [7, 11) is 1.39. The Morgan fingerprint density at radius 2 is 2.44 bits per heavy atom. The van der Waals surface area contributed by atoms with Crippen LogP contribution >= 0.6 is 11.3 Å². The van der Waals surface area contributed by atoms with Crippen LogP contribution in [0.5, 0.6) is 0 Å². The molecule has 4 nitrogen and oxygen atoms in total. The van der Waals surface area contributed by atoms with E-state index in [2.05, 4.69) is 4.98 Å². The third-order valence-electron chi connectivity index (χ3n) is 2.92. The molecule has 1 aromatic rings. The van der Waals surface area contributed by atoms with Crippen LogP contribution in [0, 0.1) is 0 Å². The van der Waals surface area contributed by atoms with Gasteiger partial charge in [-0.1, -0.05) is 13.8 Å². The molecule has 16 heavy (non-hydrogen) atoms. The first-order valence-corrected chi connectivity index (χ1v) is 6.15. The van der Waals surface area contributed by atoms with Gasteiger partial charge in [-0.3, -0.25) is 4.79 Å². The molecule has 5 heteroatoms. The van der Waals surface area contributed by atoms with Gasteiger partial charge in [-0.25, -0.2) is 4.98 Å². The van der Waals surface area contributed by atoms with Gasteiger partial charge in [0.05, 0.1) is 13.5 Å². The Hall–Kier alpha value is -0.940. The number of esters is 1. The molecular weight excluding hydrogens is 224 g/mol. The topological polar surface area (TPSA) is 65.2 Å². The van der Waals surface area contributed by atoms with Gasteiger partial charge in [0.25, 0.3) is 0 Å². The number of ether oxygens (including phenoxy) is 1. The molecule has 0 bridgehead atoms. The van der Waals surface area contributed by atoms with E-state index in [9.17, 15) is 4.79 Å². The minimum atomic E-state index is -0.435. The number of carbonyl (C=O) groups is 1. The van der Waals surface area contributed by atoms with Crippen molar-refractivity contribution in [2.45, 2.75) is 38.1 Å². The van der Waals surface area contributed by atoms with Gasteiger partial charge >= 0.3 is 5.97 Å². The molecule has 1 heterocycles. The minimum absolute atomic E-state index is 0.0993. The molecular formula is C11H18N2O2S. The molecule has 1 aromatic heterocycles. The van der Waals surface area contributed by atoms with Gasteiger partial charge in [0.15, 0.2) is 0 Å². The Labute approximate surface area is 99.8 Å². The third kappa shape index (κ3) is 2.59. The van der Waals surface area contributed by atoms with Crippen LogP contribution in [0.25, 0.3) is 0 Å². The van der Waals surface area contributed by atoms with E-state index in [-0.39, 0.29) is 18.4 Å². The lowest BCUT2D eigenvalue weighted by molar-refractivity contribution is -0.142. The number of aromatic nitrogens is 1. The quantitative estimate of drug-likeness (QED) is 0.798. The highest BCUT2D eigenvalue weighted by Crippen LogP contribution is 2.33. The molecule has 2 atom stereocenters. The summed E-state index contributed by atoms with van der Waals surface area (Å²) in [5, 5.41) is 2.79. The second-order valence-corrected chi connectivity index (χ2v) is 4.92. The molecule has 0 aliphatic heterocycles. The van der Waals surface area contributed by atoms with Crippen LogP contribution in [-0.2, 0) is 14.9 Å². The fraction of sp³-hybridized carbons (Fsp3) is 0.636. The first kappa shape index (κ1) is 13.1. The Bertz CT molecular complexity index is 340. The van der Waals surface area contributed by atoms with Crippen LogP contribution in [0.4, 0.5) is 0 Å². The lowest BCUT2D eigenvalue weighted by atomic mass is 9.79. The zero-order valence-corrected chi connectivity index (χ0v) is 10.7. The van der Waals surface area contributed by atoms with Gasteiger partial charge in [-0.05, 0) is 6.42 Å². The van der Waals surface area contributed by atoms with Crippen molar-refractivity contribution in [1.29, 1.82) is 0 Å². The normalized spacial score (nSPS) is 16.5. The molecule has 2 N–H and O–H groups in total. The highest BCUT2D eigenvalue weighted by Gasteiger charge is 2.37. The third-order valence-corrected chi connectivity index (χ3v) is 3.97. The smallest absolute Gasteiger partial charge is 0.306 e. The number of methoxy groups -OCH3 is 1. The SMILES string of the molecule is CCC(N)C(C)(CC(=O)OC)c1nccs1. The Kier molecular flexibility index (Phi) is 4.44. The van der Waals surface area contributed by atoms with Gasteiger partial charge in [-0.2, -0.15) is 0 Å². The van der Waals surface area contributed by atoms with Crippen molar-refractivity contribution < 1.29 is 9.53 Å². The van der Waals surface area contributed by atoms with E-state index in [1.165, 1.54) is 18.4 Å². The second-order valence-electron chi connectivity index (χ2n) is 4.02. The molecule has 0 amide bonds. The Morgan fingerprint density at radius 3 is 2.88 bits per heavy atom. The van der Waals surface area contributed by atoms with Crippen LogP contribution in [0.2, 0.25) is 0 Å². The molecule has 0 radical (unpaired) electrons. The van der Waals surface area contributed by atoms with Crippen molar-refractivity contribution in [3.63, 3.8) is 0 Å². The fourth-order valence-corrected chi connectivity index (χ4v) is 2.56. The average Bonchev–Trinajstić information content (AvgIpc) is 2.81. The summed E-state index contributed by atoms with van der Waals surface area (Å²) < 4.78 is 4.72. The number of nitrogens with zero attached hydrogens (tertiary/aromatic N) is 1. The van der Waals surface area contributed by atoms with Crippen molar-refractivity contribution in [1.82, 2.24) is 4.98 Å². The van der Waals surface area contributed by atoms with Crippen LogP contribution in [0.3, 0.4) is 0 Å². The molecule has 0 aliphatic carbocycles. The number of rotatable bonds is 5. The molecule has 0 spiro atoms. The maximum Gasteiger partial charge on any atom is 0.306 e. The predicted molar refractivity (Wildman–Crippen MR) is 64.4 cm³/mol. The second kappa shape index (κ2) is 5.41. The molecule has 0 saturated carbocycles. The monoisotopic (exact) mass is 242 g/mol. The maximum atomic E-state index is 11.4. The van der Waals surface area contributed by atoms with Crippen molar-refractivity contribution in [3.8, 4) is 0 Å².